The van der Waals surface area contributed by atoms with E-state index in [2.05, 4.69) is 72.8 Å². The minimum atomic E-state index is 0. The average Bonchev–Trinajstić information content (AvgIpc) is 3.34. The molecule has 7 nitrogen and oxygen atoms in total. The number of hydrogen-bond donors (Lipinski definition) is 1. The van der Waals surface area contributed by atoms with Crippen molar-refractivity contribution in [1.29, 1.82) is 0 Å². The quantitative estimate of drug-likeness (QED) is 0.286. The van der Waals surface area contributed by atoms with E-state index in [0.717, 1.165) is 37.1 Å². The molecule has 2 unspecified atom stereocenters. The van der Waals surface area contributed by atoms with E-state index in [4.69, 9.17) is 0 Å². The van der Waals surface area contributed by atoms with Crippen LogP contribution in [0.3, 0.4) is 0 Å². The fourth-order valence-corrected chi connectivity index (χ4v) is 5.39. The molecule has 3 heterocycles. The van der Waals surface area contributed by atoms with Crippen LogP contribution in [-0.4, -0.2) is 63.2 Å². The van der Waals surface area contributed by atoms with E-state index in [9.17, 15) is 0 Å². The highest BCUT2D eigenvalue weighted by atomic mass is 127. The van der Waals surface area contributed by atoms with Crippen LogP contribution in [0.4, 0.5) is 0 Å². The number of para-hydroxylation sites is 1. The highest BCUT2D eigenvalue weighted by molar-refractivity contribution is 14.0. The average molecular weight is 572 g/mol. The fourth-order valence-electron chi connectivity index (χ4n) is 5.39. The van der Waals surface area contributed by atoms with Crippen LogP contribution in [0.5, 0.6) is 0 Å². The number of guanidine groups is 1. The first-order valence-electron chi connectivity index (χ1n) is 12.0. The minimum absolute atomic E-state index is 0. The molecule has 1 N–H and O–H groups in total. The van der Waals surface area contributed by atoms with Gasteiger partial charge in [-0.2, -0.15) is 0 Å². The summed E-state index contributed by atoms with van der Waals surface area (Å²) in [6, 6.07) is 21.8. The summed E-state index contributed by atoms with van der Waals surface area (Å²) in [4.78, 5) is 9.73. The largest absolute Gasteiger partial charge is 0.349 e. The molecule has 0 bridgehead atoms. The molecule has 0 aliphatic carbocycles. The van der Waals surface area contributed by atoms with Gasteiger partial charge in [0, 0.05) is 38.4 Å². The summed E-state index contributed by atoms with van der Waals surface area (Å²) >= 11 is 0. The van der Waals surface area contributed by atoms with E-state index >= 15 is 0 Å². The summed E-state index contributed by atoms with van der Waals surface area (Å²) in [6.45, 7) is 4.94. The molecule has 2 aliphatic rings. The number of halogens is 1. The van der Waals surface area contributed by atoms with Gasteiger partial charge in [0.25, 0.3) is 0 Å². The molecule has 2 aromatic carbocycles. The molecular weight excluding hydrogens is 537 g/mol. The van der Waals surface area contributed by atoms with Crippen LogP contribution in [0.15, 0.2) is 72.0 Å². The lowest BCUT2D eigenvalue weighted by atomic mass is 9.83. The van der Waals surface area contributed by atoms with Gasteiger partial charge in [-0.1, -0.05) is 48.5 Å². The van der Waals surface area contributed by atoms with Crippen LogP contribution in [0.25, 0.3) is 5.69 Å². The van der Waals surface area contributed by atoms with Crippen LogP contribution in [0.1, 0.15) is 30.7 Å². The third kappa shape index (κ3) is 5.60. The number of nitrogens with zero attached hydrogens (tertiary/aromatic N) is 6. The van der Waals surface area contributed by atoms with E-state index in [-0.39, 0.29) is 24.0 Å². The molecule has 180 valence electrons. The Labute approximate surface area is 219 Å². The molecule has 0 spiro atoms. The van der Waals surface area contributed by atoms with Crippen molar-refractivity contribution in [3.8, 4) is 5.69 Å². The van der Waals surface area contributed by atoms with E-state index in [1.807, 2.05) is 29.8 Å². The molecule has 2 saturated heterocycles. The second kappa shape index (κ2) is 11.8. The number of rotatable bonds is 5. The standard InChI is InChI=1S/C26H33N7.HI/c1-27-26(28-17-25-30-29-20-33(25)23-12-6-3-7-13-23)32-16-14-24-22(19-32)11-8-15-31(24)18-21-9-4-2-5-10-21;/h2-7,9-10,12-13,20,22,24H,8,11,14-19H2,1H3,(H,27,28);1H. The van der Waals surface area contributed by atoms with E-state index in [1.54, 1.807) is 6.33 Å². The smallest absolute Gasteiger partial charge is 0.194 e. The minimum Gasteiger partial charge on any atom is -0.349 e. The normalized spacial score (nSPS) is 21.0. The molecule has 0 amide bonds. The maximum Gasteiger partial charge on any atom is 0.194 e. The number of hydrogen-bond acceptors (Lipinski definition) is 4. The first-order chi connectivity index (χ1) is 16.3. The van der Waals surface area contributed by atoms with Crippen molar-refractivity contribution in [2.24, 2.45) is 10.9 Å². The zero-order valence-electron chi connectivity index (χ0n) is 19.8. The van der Waals surface area contributed by atoms with Crippen molar-refractivity contribution in [1.82, 2.24) is 29.9 Å². The summed E-state index contributed by atoms with van der Waals surface area (Å²) in [5.41, 5.74) is 2.48. The number of likely N-dealkylation sites (tertiary alicyclic amines) is 2. The highest BCUT2D eigenvalue weighted by Crippen LogP contribution is 2.31. The monoisotopic (exact) mass is 571 g/mol. The topological polar surface area (TPSA) is 61.6 Å². The Balaban J connectivity index is 0.00000274. The predicted molar refractivity (Wildman–Crippen MR) is 147 cm³/mol. The summed E-state index contributed by atoms with van der Waals surface area (Å²) in [5.74, 6) is 2.52. The van der Waals surface area contributed by atoms with Crippen molar-refractivity contribution in [3.05, 3.63) is 78.4 Å². The van der Waals surface area contributed by atoms with Gasteiger partial charge in [0.15, 0.2) is 11.8 Å². The van der Waals surface area contributed by atoms with Gasteiger partial charge in [-0.05, 0) is 49.4 Å². The molecule has 2 fully saturated rings. The SMILES string of the molecule is CN=C(NCc1nncn1-c1ccccc1)N1CCC2C(CCCN2Cc2ccccc2)C1.I. The lowest BCUT2D eigenvalue weighted by molar-refractivity contribution is 0.0372. The maximum atomic E-state index is 4.60. The number of nitrogens with one attached hydrogen (secondary N) is 1. The van der Waals surface area contributed by atoms with Crippen LogP contribution in [0, 0.1) is 5.92 Å². The van der Waals surface area contributed by atoms with Crippen molar-refractivity contribution in [2.45, 2.75) is 38.4 Å². The van der Waals surface area contributed by atoms with E-state index in [0.29, 0.717) is 18.5 Å². The van der Waals surface area contributed by atoms with Gasteiger partial charge in [-0.15, -0.1) is 34.2 Å². The molecule has 5 rings (SSSR count). The number of piperidine rings is 2. The summed E-state index contributed by atoms with van der Waals surface area (Å²) in [5, 5.41) is 12.0. The molecule has 2 atom stereocenters. The lowest BCUT2D eigenvalue weighted by Gasteiger charge is -2.48. The van der Waals surface area contributed by atoms with Crippen LogP contribution < -0.4 is 5.32 Å². The molecule has 3 aromatic rings. The first-order valence-corrected chi connectivity index (χ1v) is 12.0. The Hall–Kier alpha value is -2.46. The molecule has 8 heteroatoms. The number of aromatic nitrogens is 3. The van der Waals surface area contributed by atoms with E-state index in [1.165, 1.54) is 31.4 Å². The van der Waals surface area contributed by atoms with Gasteiger partial charge in [-0.25, -0.2) is 0 Å². The second-order valence-electron chi connectivity index (χ2n) is 9.01. The van der Waals surface area contributed by atoms with Gasteiger partial charge in [0.1, 0.15) is 6.33 Å². The first kappa shape index (κ1) is 24.7. The van der Waals surface area contributed by atoms with Gasteiger partial charge >= 0.3 is 0 Å². The Kier molecular flexibility index (Phi) is 8.55. The summed E-state index contributed by atoms with van der Waals surface area (Å²) in [7, 11) is 1.87. The molecule has 34 heavy (non-hydrogen) atoms. The molecule has 0 radical (unpaired) electrons. The number of benzene rings is 2. The Morgan fingerprint density at radius 3 is 2.56 bits per heavy atom. The van der Waals surface area contributed by atoms with E-state index < -0.39 is 0 Å². The Bertz CT molecular complexity index is 1050. The van der Waals surface area contributed by atoms with Crippen molar-refractivity contribution in [3.63, 3.8) is 0 Å². The number of aliphatic imine (C=N–C) groups is 1. The molecule has 2 aliphatic heterocycles. The fraction of sp³-hybridized carbons (Fsp3) is 0.423. The predicted octanol–water partition coefficient (Wildman–Crippen LogP) is 3.95. The van der Waals surface area contributed by atoms with Crippen LogP contribution >= 0.6 is 24.0 Å². The molecule has 1 aromatic heterocycles. The highest BCUT2D eigenvalue weighted by Gasteiger charge is 2.36. The van der Waals surface area contributed by atoms with Crippen LogP contribution in [0.2, 0.25) is 0 Å². The van der Waals surface area contributed by atoms with Crippen molar-refractivity contribution >= 4 is 29.9 Å². The van der Waals surface area contributed by atoms with Crippen LogP contribution in [-0.2, 0) is 13.1 Å². The van der Waals surface area contributed by atoms with Gasteiger partial charge < -0.3 is 10.2 Å². The number of fused-ring (bicyclic) bond motifs is 1. The van der Waals surface area contributed by atoms with Crippen molar-refractivity contribution in [2.75, 3.05) is 26.7 Å². The van der Waals surface area contributed by atoms with Crippen molar-refractivity contribution < 1.29 is 0 Å². The zero-order chi connectivity index (χ0) is 22.5. The second-order valence-corrected chi connectivity index (χ2v) is 9.01. The third-order valence-corrected chi connectivity index (χ3v) is 6.98. The van der Waals surface area contributed by atoms with Gasteiger partial charge in [0.2, 0.25) is 0 Å². The third-order valence-electron chi connectivity index (χ3n) is 6.98. The Morgan fingerprint density at radius 2 is 1.79 bits per heavy atom. The Morgan fingerprint density at radius 1 is 1.03 bits per heavy atom. The van der Waals surface area contributed by atoms with Gasteiger partial charge in [0.05, 0.1) is 6.54 Å². The lowest BCUT2D eigenvalue weighted by Crippen LogP contribution is -2.56. The summed E-state index contributed by atoms with van der Waals surface area (Å²) in [6.07, 6.45) is 5.52. The van der Waals surface area contributed by atoms with Gasteiger partial charge in [-0.3, -0.25) is 14.5 Å². The maximum absolute atomic E-state index is 4.60. The zero-order valence-corrected chi connectivity index (χ0v) is 22.1. The summed E-state index contributed by atoms with van der Waals surface area (Å²) < 4.78 is 2.02. The molecule has 0 saturated carbocycles. The molecular formula is C26H34IN7.